The van der Waals surface area contributed by atoms with Crippen molar-refractivity contribution in [2.45, 2.75) is 26.8 Å². The zero-order chi connectivity index (χ0) is 16.3. The maximum Gasteiger partial charge on any atom is 0.251 e. The van der Waals surface area contributed by atoms with Crippen LogP contribution >= 0.6 is 11.3 Å². The molecular formula is C15H17N3O3S. The number of rotatable bonds is 6. The topological polar surface area (TPSA) is 94.2 Å². The monoisotopic (exact) mass is 319 g/mol. The molecule has 3 N–H and O–H groups in total. The molecule has 2 amide bonds. The van der Waals surface area contributed by atoms with Gasteiger partial charge in [0.15, 0.2) is 6.29 Å². The molecule has 22 heavy (non-hydrogen) atoms. The zero-order valence-electron chi connectivity index (χ0n) is 12.4. The molecule has 0 bridgehead atoms. The number of nitrogens with zero attached hydrogens (tertiary/aromatic N) is 1. The Balaban J connectivity index is 2.05. The molecule has 0 aliphatic heterocycles. The summed E-state index contributed by atoms with van der Waals surface area (Å²) >= 11 is 1.33. The van der Waals surface area contributed by atoms with E-state index >= 15 is 0 Å². The number of aromatic nitrogens is 1. The number of hydrogen-bond acceptors (Lipinski definition) is 4. The summed E-state index contributed by atoms with van der Waals surface area (Å²) in [6.45, 7) is 4.07. The van der Waals surface area contributed by atoms with Crippen LogP contribution in [0.2, 0.25) is 0 Å². The van der Waals surface area contributed by atoms with Crippen molar-refractivity contribution in [3.8, 4) is 0 Å². The quantitative estimate of drug-likeness (QED) is 0.798. The van der Waals surface area contributed by atoms with Gasteiger partial charge in [-0.2, -0.15) is 0 Å². The van der Waals surface area contributed by atoms with Crippen molar-refractivity contribution in [1.29, 1.82) is 0 Å². The fourth-order valence-electron chi connectivity index (χ4n) is 2.16. The number of aldehydes is 1. The third kappa shape index (κ3) is 3.25. The largest absolute Gasteiger partial charge is 0.365 e. The van der Waals surface area contributed by atoms with E-state index in [4.69, 9.17) is 5.73 Å². The first-order valence-corrected chi connectivity index (χ1v) is 7.55. The van der Waals surface area contributed by atoms with Crippen molar-refractivity contribution in [2.24, 2.45) is 5.73 Å². The average Bonchev–Trinajstić information content (AvgIpc) is 3.01. The normalized spacial score (nSPS) is 10.5. The first kappa shape index (κ1) is 16.0. The lowest BCUT2D eigenvalue weighted by molar-refractivity contribution is -0.116. The molecule has 7 heteroatoms. The highest BCUT2D eigenvalue weighted by atomic mass is 32.1. The van der Waals surface area contributed by atoms with Crippen LogP contribution < -0.4 is 11.1 Å². The van der Waals surface area contributed by atoms with E-state index in [0.717, 1.165) is 16.7 Å². The lowest BCUT2D eigenvalue weighted by Gasteiger charge is -2.07. The predicted molar refractivity (Wildman–Crippen MR) is 85.4 cm³/mol. The Labute approximate surface area is 131 Å². The van der Waals surface area contributed by atoms with Gasteiger partial charge in [0.2, 0.25) is 5.91 Å². The Morgan fingerprint density at radius 1 is 1.41 bits per heavy atom. The van der Waals surface area contributed by atoms with Crippen LogP contribution in [0.5, 0.6) is 0 Å². The van der Waals surface area contributed by atoms with Crippen molar-refractivity contribution in [1.82, 2.24) is 4.57 Å². The van der Waals surface area contributed by atoms with E-state index in [2.05, 4.69) is 5.32 Å². The van der Waals surface area contributed by atoms with E-state index in [1.807, 2.05) is 6.92 Å². The summed E-state index contributed by atoms with van der Waals surface area (Å²) in [4.78, 5) is 35.3. The summed E-state index contributed by atoms with van der Waals surface area (Å²) in [6.07, 6.45) is 2.68. The Kier molecular flexibility index (Phi) is 4.77. The van der Waals surface area contributed by atoms with Crippen LogP contribution in [0.25, 0.3) is 0 Å². The van der Waals surface area contributed by atoms with Crippen LogP contribution in [0.15, 0.2) is 18.3 Å². The first-order valence-electron chi connectivity index (χ1n) is 6.74. The van der Waals surface area contributed by atoms with Crippen molar-refractivity contribution < 1.29 is 14.4 Å². The van der Waals surface area contributed by atoms with Gasteiger partial charge in [0.05, 0.1) is 11.3 Å². The van der Waals surface area contributed by atoms with Crippen molar-refractivity contribution in [3.05, 3.63) is 40.0 Å². The molecule has 0 fully saturated rings. The smallest absolute Gasteiger partial charge is 0.251 e. The molecule has 2 aromatic heterocycles. The van der Waals surface area contributed by atoms with E-state index < -0.39 is 5.91 Å². The predicted octanol–water partition coefficient (Wildman–Crippen LogP) is 2.11. The third-order valence-corrected chi connectivity index (χ3v) is 4.57. The van der Waals surface area contributed by atoms with E-state index in [-0.39, 0.29) is 12.3 Å². The highest BCUT2D eigenvalue weighted by Gasteiger charge is 2.18. The van der Waals surface area contributed by atoms with Gasteiger partial charge in [-0.3, -0.25) is 14.4 Å². The first-order chi connectivity index (χ1) is 10.4. The van der Waals surface area contributed by atoms with Crippen LogP contribution in [0.4, 0.5) is 5.00 Å². The van der Waals surface area contributed by atoms with Crippen molar-refractivity contribution in [3.63, 3.8) is 0 Å². The van der Waals surface area contributed by atoms with Gasteiger partial charge in [0.1, 0.15) is 5.00 Å². The molecule has 0 atom stereocenters. The van der Waals surface area contributed by atoms with Crippen LogP contribution in [0.3, 0.4) is 0 Å². The van der Waals surface area contributed by atoms with Gasteiger partial charge in [-0.1, -0.05) is 0 Å². The fraction of sp³-hybridized carbons (Fsp3) is 0.267. The van der Waals surface area contributed by atoms with Gasteiger partial charge in [-0.15, -0.1) is 11.3 Å². The summed E-state index contributed by atoms with van der Waals surface area (Å²) < 4.78 is 1.70. The Morgan fingerprint density at radius 3 is 2.77 bits per heavy atom. The second-order valence-electron chi connectivity index (χ2n) is 4.89. The molecule has 0 aromatic carbocycles. The zero-order valence-corrected chi connectivity index (χ0v) is 13.2. The molecule has 0 saturated heterocycles. The fourth-order valence-corrected chi connectivity index (χ4v) is 3.24. The number of primary amides is 1. The van der Waals surface area contributed by atoms with E-state index in [1.54, 1.807) is 29.8 Å². The number of amides is 2. The molecule has 2 heterocycles. The highest BCUT2D eigenvalue weighted by molar-refractivity contribution is 7.16. The summed E-state index contributed by atoms with van der Waals surface area (Å²) in [7, 11) is 0. The number of carbonyl (C=O) groups is 3. The van der Waals surface area contributed by atoms with E-state index in [9.17, 15) is 14.4 Å². The molecule has 116 valence electrons. The summed E-state index contributed by atoms with van der Waals surface area (Å²) in [5.41, 5.74) is 7.05. The molecule has 6 nitrogen and oxygen atoms in total. The minimum Gasteiger partial charge on any atom is -0.365 e. The second-order valence-corrected chi connectivity index (χ2v) is 6.12. The minimum absolute atomic E-state index is 0.198. The number of aryl methyl sites for hydroxylation is 2. The summed E-state index contributed by atoms with van der Waals surface area (Å²) in [5, 5.41) is 3.21. The van der Waals surface area contributed by atoms with Gasteiger partial charge in [0.25, 0.3) is 5.91 Å². The Hall–Kier alpha value is -2.41. The average molecular weight is 319 g/mol. The molecule has 0 aliphatic rings. The molecule has 2 aromatic rings. The number of nitrogens with one attached hydrogen (secondary N) is 1. The number of carbonyl (C=O) groups excluding carboxylic acids is 3. The maximum absolute atomic E-state index is 12.0. The lowest BCUT2D eigenvalue weighted by Crippen LogP contribution is -2.18. The van der Waals surface area contributed by atoms with Crippen LogP contribution in [0, 0.1) is 13.8 Å². The maximum atomic E-state index is 12.0. The molecule has 0 radical (unpaired) electrons. The molecule has 0 spiro atoms. The summed E-state index contributed by atoms with van der Waals surface area (Å²) in [5.74, 6) is -0.778. The third-order valence-electron chi connectivity index (χ3n) is 3.45. The SMILES string of the molecule is Cc1sc(NC(=O)CCn2cccc2C=O)c(C(N)=O)c1C. The van der Waals surface area contributed by atoms with Crippen molar-refractivity contribution >= 4 is 34.4 Å². The summed E-state index contributed by atoms with van der Waals surface area (Å²) in [6, 6.07) is 3.43. The number of anilines is 1. The Bertz CT molecular complexity index is 730. The van der Waals surface area contributed by atoms with Gasteiger partial charge in [-0.25, -0.2) is 0 Å². The molecule has 0 aliphatic carbocycles. The second kappa shape index (κ2) is 6.57. The van der Waals surface area contributed by atoms with E-state index in [1.165, 1.54) is 11.3 Å². The Morgan fingerprint density at radius 2 is 2.14 bits per heavy atom. The van der Waals surface area contributed by atoms with Crippen LogP contribution in [0.1, 0.15) is 37.7 Å². The van der Waals surface area contributed by atoms with Crippen molar-refractivity contribution in [2.75, 3.05) is 5.32 Å². The van der Waals surface area contributed by atoms with Gasteiger partial charge in [-0.05, 0) is 31.5 Å². The van der Waals surface area contributed by atoms with Gasteiger partial charge >= 0.3 is 0 Å². The van der Waals surface area contributed by atoms with E-state index in [0.29, 0.717) is 22.8 Å². The molecule has 0 saturated carbocycles. The molecule has 0 unspecified atom stereocenters. The van der Waals surface area contributed by atoms with Crippen LogP contribution in [-0.4, -0.2) is 22.7 Å². The minimum atomic E-state index is -0.550. The standard InChI is InChI=1S/C15H17N3O3S/c1-9-10(2)22-15(13(9)14(16)21)17-12(20)5-7-18-6-3-4-11(18)8-19/h3-4,6,8H,5,7H2,1-2H3,(H2,16,21)(H,17,20). The number of nitrogens with two attached hydrogens (primary N) is 1. The lowest BCUT2D eigenvalue weighted by atomic mass is 10.1. The van der Waals surface area contributed by atoms with Gasteiger partial charge in [0, 0.05) is 24.0 Å². The number of hydrogen-bond donors (Lipinski definition) is 2. The molecular weight excluding hydrogens is 302 g/mol. The highest BCUT2D eigenvalue weighted by Crippen LogP contribution is 2.32. The van der Waals surface area contributed by atoms with Gasteiger partial charge < -0.3 is 15.6 Å². The molecule has 2 rings (SSSR count). The number of thiophene rings is 1. The van der Waals surface area contributed by atoms with Crippen LogP contribution in [-0.2, 0) is 11.3 Å².